The topological polar surface area (TPSA) is 119 Å². The van der Waals surface area contributed by atoms with Crippen LogP contribution in [0.3, 0.4) is 0 Å². The predicted octanol–water partition coefficient (Wildman–Crippen LogP) is 4.51. The molecule has 1 aromatic carbocycles. The second-order valence-electron chi connectivity index (χ2n) is 8.32. The molecule has 5 rings (SSSR count). The number of aromatic amines is 1. The van der Waals surface area contributed by atoms with Crippen LogP contribution in [0, 0.1) is 0 Å². The van der Waals surface area contributed by atoms with Gasteiger partial charge in [0.1, 0.15) is 9.22 Å². The van der Waals surface area contributed by atoms with Crippen LogP contribution in [0.4, 0.5) is 10.5 Å². The fourth-order valence-electron chi connectivity index (χ4n) is 4.19. The number of aryl methyl sites for hydroxylation is 1. The Bertz CT molecular complexity index is 1470. The Balaban J connectivity index is 1.34. The summed E-state index contributed by atoms with van der Waals surface area (Å²) in [6.45, 7) is 5.06. The molecule has 0 unspecified atom stereocenters. The quantitative estimate of drug-likeness (QED) is 0.323. The Morgan fingerprint density at radius 1 is 1.23 bits per heavy atom. The summed E-state index contributed by atoms with van der Waals surface area (Å²) in [4.78, 5) is 23.8. The van der Waals surface area contributed by atoms with E-state index in [1.807, 2.05) is 37.4 Å². The molecule has 35 heavy (non-hydrogen) atoms. The van der Waals surface area contributed by atoms with Crippen molar-refractivity contribution in [1.82, 2.24) is 19.8 Å². The third-order valence-electron chi connectivity index (χ3n) is 6.04. The van der Waals surface area contributed by atoms with Crippen LogP contribution in [-0.4, -0.2) is 65.6 Å². The fraction of sp³-hybridized carbons (Fsp3) is 0.304. The van der Waals surface area contributed by atoms with Crippen molar-refractivity contribution in [3.8, 4) is 10.7 Å². The van der Waals surface area contributed by atoms with E-state index in [1.165, 1.54) is 16.2 Å². The molecule has 4 aromatic rings. The maximum Gasteiger partial charge on any atom is 0.407 e. The van der Waals surface area contributed by atoms with E-state index in [1.54, 1.807) is 22.8 Å². The molecule has 4 heterocycles. The van der Waals surface area contributed by atoms with E-state index in [9.17, 15) is 13.2 Å². The third-order valence-corrected chi connectivity index (χ3v) is 9.99. The number of carboxylic acid groups (broad SMARTS) is 1. The van der Waals surface area contributed by atoms with Crippen molar-refractivity contribution in [2.45, 2.75) is 24.1 Å². The number of thiazole rings is 1. The standard InChI is InChI=1S/C23H25N5O4S3/c1-2-15-6-11-33-22(15)35(31,32)26-18-5-3-4-16-12-19(25-20(16)18)21-24-13-17(34-21)14-27-7-9-28(10-8-27)23(29)30/h3-6,11-13,25-26H,2,7-10,14H2,1H3,(H,29,30). The van der Waals surface area contributed by atoms with Gasteiger partial charge in [0.15, 0.2) is 0 Å². The molecule has 9 nitrogen and oxygen atoms in total. The number of sulfonamides is 1. The molecule has 1 amide bonds. The number of hydrogen-bond acceptors (Lipinski definition) is 7. The van der Waals surface area contributed by atoms with E-state index in [-0.39, 0.29) is 0 Å². The Kier molecular flexibility index (Phi) is 6.53. The molecule has 1 fully saturated rings. The van der Waals surface area contributed by atoms with Crippen molar-refractivity contribution >= 4 is 55.4 Å². The minimum atomic E-state index is -3.69. The average molecular weight is 532 g/mol. The van der Waals surface area contributed by atoms with Crippen LogP contribution in [0.2, 0.25) is 0 Å². The Labute approximate surface area is 211 Å². The summed E-state index contributed by atoms with van der Waals surface area (Å²) < 4.78 is 29.2. The molecule has 3 aromatic heterocycles. The first kappa shape index (κ1) is 23.8. The lowest BCUT2D eigenvalue weighted by Crippen LogP contribution is -2.47. The summed E-state index contributed by atoms with van der Waals surface area (Å²) in [5.41, 5.74) is 2.84. The van der Waals surface area contributed by atoms with Gasteiger partial charge in [-0.2, -0.15) is 0 Å². The Morgan fingerprint density at radius 3 is 2.77 bits per heavy atom. The van der Waals surface area contributed by atoms with Crippen LogP contribution in [-0.2, 0) is 23.0 Å². The lowest BCUT2D eigenvalue weighted by Gasteiger charge is -2.32. The van der Waals surface area contributed by atoms with Gasteiger partial charge in [-0.25, -0.2) is 18.2 Å². The number of benzene rings is 1. The molecule has 1 aliphatic rings. The van der Waals surface area contributed by atoms with E-state index < -0.39 is 16.1 Å². The minimum Gasteiger partial charge on any atom is -0.465 e. The van der Waals surface area contributed by atoms with Gasteiger partial charge >= 0.3 is 6.09 Å². The molecule has 0 aliphatic carbocycles. The minimum absolute atomic E-state index is 0.345. The number of hydrogen-bond donors (Lipinski definition) is 3. The molecule has 0 spiro atoms. The zero-order chi connectivity index (χ0) is 24.6. The number of nitrogens with zero attached hydrogens (tertiary/aromatic N) is 3. The molecule has 1 aliphatic heterocycles. The number of anilines is 1. The highest BCUT2D eigenvalue weighted by molar-refractivity contribution is 7.94. The largest absolute Gasteiger partial charge is 0.465 e. The molecule has 1 saturated heterocycles. The highest BCUT2D eigenvalue weighted by atomic mass is 32.2. The maximum absolute atomic E-state index is 13.0. The van der Waals surface area contributed by atoms with Gasteiger partial charge in [0.2, 0.25) is 0 Å². The molecular formula is C23H25N5O4S3. The number of nitrogens with one attached hydrogen (secondary N) is 2. The SMILES string of the molecule is CCc1ccsc1S(=O)(=O)Nc1cccc2cc(-c3ncc(CN4CCN(C(=O)O)CC4)s3)[nH]c12. The summed E-state index contributed by atoms with van der Waals surface area (Å²) >= 11 is 2.79. The first-order valence-electron chi connectivity index (χ1n) is 11.2. The summed E-state index contributed by atoms with van der Waals surface area (Å²) in [5.74, 6) is 0. The first-order valence-corrected chi connectivity index (χ1v) is 14.4. The van der Waals surface area contributed by atoms with Crippen molar-refractivity contribution in [3.05, 3.63) is 52.3 Å². The molecule has 12 heteroatoms. The second-order valence-corrected chi connectivity index (χ2v) is 12.2. The lowest BCUT2D eigenvalue weighted by atomic mass is 10.2. The smallest absolute Gasteiger partial charge is 0.407 e. The monoisotopic (exact) mass is 531 g/mol. The third kappa shape index (κ3) is 4.92. The summed E-state index contributed by atoms with van der Waals surface area (Å²) in [6, 6.07) is 9.34. The van der Waals surface area contributed by atoms with Gasteiger partial charge in [0, 0.05) is 49.2 Å². The van der Waals surface area contributed by atoms with E-state index in [0.717, 1.165) is 33.1 Å². The Hall–Kier alpha value is -2.93. The van der Waals surface area contributed by atoms with Gasteiger partial charge in [-0.3, -0.25) is 9.62 Å². The number of fused-ring (bicyclic) bond motifs is 1. The molecular weight excluding hydrogens is 506 g/mol. The van der Waals surface area contributed by atoms with E-state index >= 15 is 0 Å². The van der Waals surface area contributed by atoms with Crippen molar-refractivity contribution in [2.24, 2.45) is 0 Å². The number of para-hydroxylation sites is 1. The number of carbonyl (C=O) groups is 1. The van der Waals surface area contributed by atoms with Crippen LogP contribution in [0.25, 0.3) is 21.6 Å². The van der Waals surface area contributed by atoms with E-state index in [4.69, 9.17) is 5.11 Å². The van der Waals surface area contributed by atoms with Crippen molar-refractivity contribution in [2.75, 3.05) is 30.9 Å². The average Bonchev–Trinajstić information content (AvgIpc) is 3.58. The molecule has 184 valence electrons. The highest BCUT2D eigenvalue weighted by Gasteiger charge is 2.23. The molecule has 0 saturated carbocycles. The van der Waals surface area contributed by atoms with Gasteiger partial charge in [0.25, 0.3) is 10.0 Å². The normalized spacial score (nSPS) is 15.1. The Morgan fingerprint density at radius 2 is 2.03 bits per heavy atom. The highest BCUT2D eigenvalue weighted by Crippen LogP contribution is 2.33. The molecule has 0 bridgehead atoms. The number of aromatic nitrogens is 2. The summed E-state index contributed by atoms with van der Waals surface area (Å²) in [5, 5.41) is 12.6. The number of amides is 1. The van der Waals surface area contributed by atoms with Crippen molar-refractivity contribution in [1.29, 1.82) is 0 Å². The van der Waals surface area contributed by atoms with Crippen LogP contribution < -0.4 is 4.72 Å². The molecule has 0 atom stereocenters. The van der Waals surface area contributed by atoms with Crippen LogP contribution in [0.5, 0.6) is 0 Å². The van der Waals surface area contributed by atoms with Gasteiger partial charge in [-0.05, 0) is 35.6 Å². The number of H-pyrrole nitrogens is 1. The number of rotatable bonds is 7. The van der Waals surface area contributed by atoms with Crippen molar-refractivity contribution < 1.29 is 18.3 Å². The first-order chi connectivity index (χ1) is 16.8. The second kappa shape index (κ2) is 9.61. The van der Waals surface area contributed by atoms with E-state index in [2.05, 4.69) is 19.6 Å². The number of piperazine rings is 1. The van der Waals surface area contributed by atoms with Crippen LogP contribution >= 0.6 is 22.7 Å². The zero-order valence-corrected chi connectivity index (χ0v) is 21.5. The number of thiophene rings is 1. The van der Waals surface area contributed by atoms with Gasteiger partial charge < -0.3 is 15.0 Å². The molecule has 0 radical (unpaired) electrons. The van der Waals surface area contributed by atoms with Gasteiger partial charge in [-0.1, -0.05) is 19.1 Å². The van der Waals surface area contributed by atoms with Gasteiger partial charge in [0.05, 0.1) is 16.9 Å². The maximum atomic E-state index is 13.0. The predicted molar refractivity (Wildman–Crippen MR) is 139 cm³/mol. The van der Waals surface area contributed by atoms with Crippen LogP contribution in [0.15, 0.2) is 46.1 Å². The van der Waals surface area contributed by atoms with Crippen LogP contribution in [0.1, 0.15) is 17.4 Å². The van der Waals surface area contributed by atoms with Crippen molar-refractivity contribution in [3.63, 3.8) is 0 Å². The van der Waals surface area contributed by atoms with Gasteiger partial charge in [-0.15, -0.1) is 22.7 Å². The lowest BCUT2D eigenvalue weighted by molar-refractivity contribution is 0.103. The zero-order valence-electron chi connectivity index (χ0n) is 19.0. The molecule has 3 N–H and O–H groups in total. The summed E-state index contributed by atoms with van der Waals surface area (Å²) in [6.07, 6.45) is 1.63. The summed E-state index contributed by atoms with van der Waals surface area (Å²) in [7, 11) is -3.69. The fourth-order valence-corrected chi connectivity index (χ4v) is 7.74. The van der Waals surface area contributed by atoms with E-state index in [0.29, 0.717) is 48.0 Å².